The Morgan fingerprint density at radius 3 is 2.19 bits per heavy atom. The molecule has 6 heteroatoms. The molecule has 1 saturated heterocycles. The van der Waals surface area contributed by atoms with E-state index in [9.17, 15) is 14.7 Å². The molecule has 3 aromatic rings. The Labute approximate surface area is 223 Å². The Bertz CT molecular complexity index is 1250. The number of carbonyl (C=O) groups excluding carboxylic acids is 1. The van der Waals surface area contributed by atoms with Gasteiger partial charge in [0.2, 0.25) is 0 Å². The number of likely N-dealkylation sites (tertiary alicyclic amines) is 1. The molecular weight excluding hydrogens is 482 g/mol. The number of benzene rings is 3. The van der Waals surface area contributed by atoms with Gasteiger partial charge in [0.05, 0.1) is 0 Å². The molecule has 1 aliphatic heterocycles. The number of aryl methyl sites for hydroxylation is 2. The van der Waals surface area contributed by atoms with E-state index in [1.54, 1.807) is 25.6 Å². The second kappa shape index (κ2) is 11.1. The Morgan fingerprint density at radius 1 is 1.00 bits per heavy atom. The van der Waals surface area contributed by atoms with Crippen LogP contribution in [0.25, 0.3) is 0 Å². The number of carbonyl (C=O) groups is 2. The first-order chi connectivity index (χ1) is 17.6. The number of aliphatic carboxylic acids is 1. The Hall–Kier alpha value is -3.09. The van der Waals surface area contributed by atoms with Gasteiger partial charge in [-0.3, -0.25) is 9.69 Å². The summed E-state index contributed by atoms with van der Waals surface area (Å²) in [5.74, 6) is -0.414. The lowest BCUT2D eigenvalue weighted by molar-refractivity contribution is -0.152. The van der Waals surface area contributed by atoms with Gasteiger partial charge in [-0.05, 0) is 68.3 Å². The van der Waals surface area contributed by atoms with Crippen LogP contribution in [0.1, 0.15) is 52.4 Å². The van der Waals surface area contributed by atoms with E-state index < -0.39 is 11.6 Å². The average molecular weight is 518 g/mol. The number of ether oxygens (including phenoxy) is 1. The zero-order valence-corrected chi connectivity index (χ0v) is 23.0. The van der Waals surface area contributed by atoms with Crippen molar-refractivity contribution in [3.8, 4) is 5.75 Å². The fraction of sp³-hybridized carbons (Fsp3) is 0.355. The van der Waals surface area contributed by atoms with Crippen LogP contribution in [0.3, 0.4) is 0 Å². The van der Waals surface area contributed by atoms with Crippen LogP contribution in [-0.2, 0) is 11.3 Å². The van der Waals surface area contributed by atoms with Gasteiger partial charge in [-0.15, -0.1) is 11.8 Å². The van der Waals surface area contributed by atoms with Gasteiger partial charge < -0.3 is 9.84 Å². The van der Waals surface area contributed by atoms with Crippen molar-refractivity contribution in [1.29, 1.82) is 0 Å². The van der Waals surface area contributed by atoms with Crippen molar-refractivity contribution in [2.45, 2.75) is 50.7 Å². The molecule has 0 bridgehead atoms. The SMILES string of the molecule is CSc1ccc(C(=O)[C@@H]2CN(Cc3ccccc3)C[C@H]2c2cc(C)c(OC(C)(C)C(=O)O)c(C)c2)cc1. The third-order valence-corrected chi connectivity index (χ3v) is 7.88. The topological polar surface area (TPSA) is 66.8 Å². The fourth-order valence-electron chi connectivity index (χ4n) is 5.09. The maximum absolute atomic E-state index is 13.8. The molecule has 0 spiro atoms. The molecule has 0 amide bonds. The third kappa shape index (κ3) is 6.08. The van der Waals surface area contributed by atoms with Gasteiger partial charge in [0.1, 0.15) is 5.75 Å². The van der Waals surface area contributed by atoms with Gasteiger partial charge in [-0.1, -0.05) is 54.6 Å². The van der Waals surface area contributed by atoms with E-state index in [0.717, 1.165) is 40.2 Å². The van der Waals surface area contributed by atoms with E-state index in [1.165, 1.54) is 5.56 Å². The molecule has 0 aliphatic carbocycles. The highest BCUT2D eigenvalue weighted by atomic mass is 32.2. The molecule has 0 saturated carbocycles. The molecule has 37 heavy (non-hydrogen) atoms. The first kappa shape index (κ1) is 27.0. The van der Waals surface area contributed by atoms with Crippen LogP contribution >= 0.6 is 11.8 Å². The van der Waals surface area contributed by atoms with E-state index in [4.69, 9.17) is 4.74 Å². The standard InChI is InChI=1S/C31H35NO4S/c1-20-15-24(16-21(2)29(20)36-31(3,4)30(34)35)26-18-32(17-22-9-7-6-8-10-22)19-27(26)28(33)23-11-13-25(37-5)14-12-23/h6-16,26-27H,17-19H2,1-5H3,(H,34,35)/t26-,27+/m0/s1. The molecule has 3 aromatic carbocycles. The van der Waals surface area contributed by atoms with Gasteiger partial charge in [-0.2, -0.15) is 0 Å². The van der Waals surface area contributed by atoms with Crippen molar-refractivity contribution < 1.29 is 19.4 Å². The summed E-state index contributed by atoms with van der Waals surface area (Å²) in [5, 5.41) is 9.53. The molecule has 0 aromatic heterocycles. The predicted molar refractivity (Wildman–Crippen MR) is 149 cm³/mol. The van der Waals surface area contributed by atoms with Gasteiger partial charge in [-0.25, -0.2) is 4.79 Å². The number of nitrogens with zero attached hydrogens (tertiary/aromatic N) is 1. The lowest BCUT2D eigenvalue weighted by Gasteiger charge is -2.26. The third-order valence-electron chi connectivity index (χ3n) is 7.14. The fourth-order valence-corrected chi connectivity index (χ4v) is 5.49. The minimum absolute atomic E-state index is 0.0235. The molecule has 0 radical (unpaired) electrons. The van der Waals surface area contributed by atoms with Crippen molar-refractivity contribution >= 4 is 23.5 Å². The largest absolute Gasteiger partial charge is 0.478 e. The first-order valence-corrected chi connectivity index (χ1v) is 13.8. The molecule has 0 unspecified atom stereocenters. The van der Waals surface area contributed by atoms with E-state index in [-0.39, 0.29) is 17.6 Å². The summed E-state index contributed by atoms with van der Waals surface area (Å²) < 4.78 is 5.93. The highest BCUT2D eigenvalue weighted by molar-refractivity contribution is 7.98. The van der Waals surface area contributed by atoms with Crippen LogP contribution in [-0.4, -0.2) is 46.7 Å². The quantitative estimate of drug-likeness (QED) is 0.263. The lowest BCUT2D eigenvalue weighted by Crippen LogP contribution is -2.38. The van der Waals surface area contributed by atoms with Gasteiger partial charge in [0, 0.05) is 41.9 Å². The number of Topliss-reactive ketones (excluding diaryl/α,β-unsaturated/α-hetero) is 1. The molecule has 4 rings (SSSR count). The molecule has 1 heterocycles. The first-order valence-electron chi connectivity index (χ1n) is 12.6. The Morgan fingerprint density at radius 2 is 1.62 bits per heavy atom. The van der Waals surface area contributed by atoms with E-state index in [2.05, 4.69) is 29.2 Å². The average Bonchev–Trinajstić information content (AvgIpc) is 3.30. The number of hydrogen-bond donors (Lipinski definition) is 1. The van der Waals surface area contributed by atoms with E-state index in [1.807, 2.05) is 62.6 Å². The number of carboxylic acids is 1. The Kier molecular flexibility index (Phi) is 8.10. The summed E-state index contributed by atoms with van der Waals surface area (Å²) in [7, 11) is 0. The van der Waals surface area contributed by atoms with Crippen molar-refractivity contribution in [2.24, 2.45) is 5.92 Å². The van der Waals surface area contributed by atoms with Crippen LogP contribution in [0.15, 0.2) is 71.6 Å². The number of ketones is 1. The summed E-state index contributed by atoms with van der Waals surface area (Å²) in [4.78, 5) is 28.9. The minimum atomic E-state index is -1.34. The van der Waals surface area contributed by atoms with Gasteiger partial charge in [0.25, 0.3) is 0 Å². The summed E-state index contributed by atoms with van der Waals surface area (Å²) in [6.45, 7) is 9.24. The van der Waals surface area contributed by atoms with Crippen LogP contribution in [0.5, 0.6) is 5.75 Å². The van der Waals surface area contributed by atoms with Crippen LogP contribution in [0, 0.1) is 19.8 Å². The smallest absolute Gasteiger partial charge is 0.347 e. The van der Waals surface area contributed by atoms with Crippen LogP contribution < -0.4 is 4.74 Å². The predicted octanol–water partition coefficient (Wildman–Crippen LogP) is 6.37. The number of hydrogen-bond acceptors (Lipinski definition) is 5. The highest BCUT2D eigenvalue weighted by Gasteiger charge is 2.39. The number of thioether (sulfide) groups is 1. The second-order valence-electron chi connectivity index (χ2n) is 10.4. The molecular formula is C31H35NO4S. The molecule has 5 nitrogen and oxygen atoms in total. The summed E-state index contributed by atoms with van der Waals surface area (Å²) in [6.07, 6.45) is 2.03. The van der Waals surface area contributed by atoms with Crippen LogP contribution in [0.2, 0.25) is 0 Å². The summed E-state index contributed by atoms with van der Waals surface area (Å²) >= 11 is 1.66. The van der Waals surface area contributed by atoms with Crippen molar-refractivity contribution in [2.75, 3.05) is 19.3 Å². The maximum Gasteiger partial charge on any atom is 0.347 e. The zero-order valence-electron chi connectivity index (χ0n) is 22.2. The van der Waals surface area contributed by atoms with E-state index >= 15 is 0 Å². The zero-order chi connectivity index (χ0) is 26.7. The van der Waals surface area contributed by atoms with Crippen LogP contribution in [0.4, 0.5) is 0 Å². The normalized spacial score (nSPS) is 18.1. The second-order valence-corrected chi connectivity index (χ2v) is 11.3. The Balaban J connectivity index is 1.66. The number of carboxylic acid groups (broad SMARTS) is 1. The molecule has 194 valence electrons. The van der Waals surface area contributed by atoms with Crippen molar-refractivity contribution in [3.63, 3.8) is 0 Å². The number of rotatable bonds is 9. The lowest BCUT2D eigenvalue weighted by atomic mass is 9.82. The summed E-state index contributed by atoms with van der Waals surface area (Å²) in [6, 6.07) is 22.4. The highest BCUT2D eigenvalue weighted by Crippen LogP contribution is 2.39. The van der Waals surface area contributed by atoms with Crippen molar-refractivity contribution in [1.82, 2.24) is 4.90 Å². The van der Waals surface area contributed by atoms with Crippen molar-refractivity contribution in [3.05, 3.63) is 94.5 Å². The maximum atomic E-state index is 13.8. The summed E-state index contributed by atoms with van der Waals surface area (Å²) in [5.41, 5.74) is 3.47. The minimum Gasteiger partial charge on any atom is -0.478 e. The molecule has 1 aliphatic rings. The van der Waals surface area contributed by atoms with Gasteiger partial charge >= 0.3 is 5.97 Å². The molecule has 1 fully saturated rings. The molecule has 2 atom stereocenters. The molecule has 1 N–H and O–H groups in total. The monoisotopic (exact) mass is 517 g/mol. The van der Waals surface area contributed by atoms with E-state index in [0.29, 0.717) is 12.3 Å². The van der Waals surface area contributed by atoms with Gasteiger partial charge in [0.15, 0.2) is 11.4 Å².